The van der Waals surface area contributed by atoms with E-state index in [0.29, 0.717) is 0 Å². The molecular formula is C16H20O2S. The van der Waals surface area contributed by atoms with Gasteiger partial charge in [-0.15, -0.1) is 11.8 Å². The summed E-state index contributed by atoms with van der Waals surface area (Å²) in [7, 11) is 0. The first-order valence-corrected chi connectivity index (χ1v) is 7.71. The Bertz CT molecular complexity index is 524. The zero-order valence-corrected chi connectivity index (χ0v) is 12.9. The van der Waals surface area contributed by atoms with E-state index in [1.807, 2.05) is 46.1 Å². The van der Waals surface area contributed by atoms with Crippen molar-refractivity contribution in [3.63, 3.8) is 0 Å². The van der Waals surface area contributed by atoms with Crippen LogP contribution in [0.4, 0.5) is 0 Å². The molecule has 0 bridgehead atoms. The normalized spacial score (nSPS) is 18.1. The molecule has 1 aromatic carbocycles. The summed E-state index contributed by atoms with van der Waals surface area (Å²) in [4.78, 5) is 13.6. The van der Waals surface area contributed by atoms with Gasteiger partial charge in [-0.05, 0) is 38.2 Å². The second-order valence-corrected chi connectivity index (χ2v) is 6.45. The molecule has 3 heteroatoms. The first kappa shape index (κ1) is 14.2. The summed E-state index contributed by atoms with van der Waals surface area (Å²) in [6.07, 6.45) is 2.05. The van der Waals surface area contributed by atoms with E-state index in [1.54, 1.807) is 11.8 Å². The smallest absolute Gasteiger partial charge is 0.205 e. The van der Waals surface area contributed by atoms with Gasteiger partial charge in [-0.2, -0.15) is 0 Å². The van der Waals surface area contributed by atoms with Gasteiger partial charge in [0.2, 0.25) is 5.78 Å². The number of thioether (sulfide) groups is 1. The molecule has 2 rings (SSSR count). The summed E-state index contributed by atoms with van der Waals surface area (Å²) in [6, 6.07) is 8.17. The molecule has 1 heterocycles. The molecule has 1 aromatic rings. The fourth-order valence-electron chi connectivity index (χ4n) is 2.27. The molecule has 2 nitrogen and oxygen atoms in total. The van der Waals surface area contributed by atoms with Crippen molar-refractivity contribution >= 4 is 23.3 Å². The van der Waals surface area contributed by atoms with Crippen LogP contribution in [0.2, 0.25) is 0 Å². The Morgan fingerprint density at radius 3 is 2.21 bits per heavy atom. The molecule has 0 amide bonds. The largest absolute Gasteiger partial charge is 0.479 e. The summed E-state index contributed by atoms with van der Waals surface area (Å²) in [5.74, 6) is 1.02. The lowest BCUT2D eigenvalue weighted by molar-refractivity contribution is -0.126. The number of hydrogen-bond acceptors (Lipinski definition) is 3. The molecule has 1 aliphatic heterocycles. The Morgan fingerprint density at radius 2 is 1.74 bits per heavy atom. The maximum Gasteiger partial charge on any atom is 0.205 e. The summed E-state index contributed by atoms with van der Waals surface area (Å²) < 4.78 is 5.92. The Balaban J connectivity index is 2.48. The van der Waals surface area contributed by atoms with Crippen LogP contribution in [0.15, 0.2) is 34.7 Å². The average molecular weight is 276 g/mol. The number of ether oxygens (including phenoxy) is 1. The maximum absolute atomic E-state index is 12.4. The fourth-order valence-corrected chi connectivity index (χ4v) is 2.67. The van der Waals surface area contributed by atoms with Crippen molar-refractivity contribution in [3.05, 3.63) is 35.4 Å². The number of carbonyl (C=O) groups excluding carboxylic acids is 1. The zero-order chi connectivity index (χ0) is 14.2. The van der Waals surface area contributed by atoms with Gasteiger partial charge < -0.3 is 4.74 Å². The van der Waals surface area contributed by atoms with Crippen LogP contribution in [0, 0.1) is 5.92 Å². The second-order valence-electron chi connectivity index (χ2n) is 5.57. The van der Waals surface area contributed by atoms with Gasteiger partial charge >= 0.3 is 0 Å². The number of carbonyl (C=O) groups is 1. The number of hydrogen-bond donors (Lipinski definition) is 0. The van der Waals surface area contributed by atoms with Crippen molar-refractivity contribution in [2.45, 2.75) is 38.2 Å². The minimum atomic E-state index is -0.743. The van der Waals surface area contributed by atoms with Gasteiger partial charge in [0, 0.05) is 16.0 Å². The summed E-state index contributed by atoms with van der Waals surface area (Å²) in [6.45, 7) is 7.74. The van der Waals surface area contributed by atoms with Crippen LogP contribution < -0.4 is 0 Å². The predicted octanol–water partition coefficient (Wildman–Crippen LogP) is 4.15. The Kier molecular flexibility index (Phi) is 3.77. The van der Waals surface area contributed by atoms with Crippen molar-refractivity contribution in [2.24, 2.45) is 5.92 Å². The van der Waals surface area contributed by atoms with E-state index >= 15 is 0 Å². The highest BCUT2D eigenvalue weighted by atomic mass is 32.2. The molecule has 0 saturated carbocycles. The molecule has 102 valence electrons. The second kappa shape index (κ2) is 5.04. The third kappa shape index (κ3) is 2.57. The number of rotatable bonds is 3. The van der Waals surface area contributed by atoms with Gasteiger partial charge in [0.1, 0.15) is 5.76 Å². The van der Waals surface area contributed by atoms with Gasteiger partial charge in [0.05, 0.1) is 0 Å². The predicted molar refractivity (Wildman–Crippen MR) is 80.2 cm³/mol. The van der Waals surface area contributed by atoms with Crippen molar-refractivity contribution in [1.29, 1.82) is 0 Å². The van der Waals surface area contributed by atoms with Gasteiger partial charge in [0.25, 0.3) is 0 Å². The summed E-state index contributed by atoms with van der Waals surface area (Å²) in [5.41, 5.74) is 1.05. The van der Waals surface area contributed by atoms with E-state index in [4.69, 9.17) is 4.74 Å². The van der Waals surface area contributed by atoms with Crippen LogP contribution >= 0.6 is 11.8 Å². The third-order valence-electron chi connectivity index (χ3n) is 3.32. The van der Waals surface area contributed by atoms with Crippen LogP contribution in [0.1, 0.15) is 33.3 Å². The van der Waals surface area contributed by atoms with Crippen LogP contribution in [0.25, 0.3) is 5.76 Å². The molecule has 0 N–H and O–H groups in total. The van der Waals surface area contributed by atoms with E-state index in [0.717, 1.165) is 16.9 Å². The lowest BCUT2D eigenvalue weighted by atomic mass is 9.90. The molecule has 1 aliphatic rings. The molecule has 0 radical (unpaired) electrons. The van der Waals surface area contributed by atoms with Gasteiger partial charge in [0.15, 0.2) is 5.60 Å². The van der Waals surface area contributed by atoms with Gasteiger partial charge in [-0.3, -0.25) is 4.79 Å². The lowest BCUT2D eigenvalue weighted by Gasteiger charge is -2.18. The maximum atomic E-state index is 12.4. The molecule has 0 spiro atoms. The SMILES string of the molecule is CSc1ccc(C2=C(C(C)C)C(=O)C(C)(C)O2)cc1. The van der Waals surface area contributed by atoms with Crippen molar-refractivity contribution in [2.75, 3.05) is 6.26 Å². The Hall–Kier alpha value is -1.22. The number of ketones is 1. The van der Waals surface area contributed by atoms with E-state index in [1.165, 1.54) is 4.90 Å². The Morgan fingerprint density at radius 1 is 1.16 bits per heavy atom. The number of benzene rings is 1. The van der Waals surface area contributed by atoms with E-state index in [9.17, 15) is 4.79 Å². The van der Waals surface area contributed by atoms with Gasteiger partial charge in [-0.1, -0.05) is 26.0 Å². The minimum absolute atomic E-state index is 0.103. The Labute approximate surface area is 119 Å². The quantitative estimate of drug-likeness (QED) is 0.776. The van der Waals surface area contributed by atoms with Crippen LogP contribution in [-0.4, -0.2) is 17.6 Å². The highest BCUT2D eigenvalue weighted by Crippen LogP contribution is 2.39. The molecule has 0 unspecified atom stereocenters. The van der Waals surface area contributed by atoms with Crippen molar-refractivity contribution in [1.82, 2.24) is 0 Å². The van der Waals surface area contributed by atoms with Crippen LogP contribution in [0.3, 0.4) is 0 Å². The molecule has 0 aliphatic carbocycles. The van der Waals surface area contributed by atoms with Crippen LogP contribution in [-0.2, 0) is 9.53 Å². The molecule has 0 atom stereocenters. The van der Waals surface area contributed by atoms with Crippen molar-refractivity contribution < 1.29 is 9.53 Å². The fraction of sp³-hybridized carbons (Fsp3) is 0.438. The first-order chi connectivity index (χ1) is 8.86. The van der Waals surface area contributed by atoms with Crippen molar-refractivity contribution in [3.8, 4) is 0 Å². The standard InChI is InChI=1S/C16H20O2S/c1-10(2)13-14(18-16(3,4)15(13)17)11-6-8-12(19-5)9-7-11/h6-10H,1-5H3. The average Bonchev–Trinajstić information content (AvgIpc) is 2.61. The van der Waals surface area contributed by atoms with E-state index < -0.39 is 5.60 Å². The topological polar surface area (TPSA) is 26.3 Å². The van der Waals surface area contributed by atoms with Crippen LogP contribution in [0.5, 0.6) is 0 Å². The molecule has 19 heavy (non-hydrogen) atoms. The molecular weight excluding hydrogens is 256 g/mol. The molecule has 0 saturated heterocycles. The highest BCUT2D eigenvalue weighted by molar-refractivity contribution is 7.98. The monoisotopic (exact) mass is 276 g/mol. The molecule has 0 fully saturated rings. The first-order valence-electron chi connectivity index (χ1n) is 6.49. The highest BCUT2D eigenvalue weighted by Gasteiger charge is 2.42. The number of Topliss-reactive ketones (excluding diaryl/α,β-unsaturated/α-hetero) is 1. The zero-order valence-electron chi connectivity index (χ0n) is 12.1. The summed E-state index contributed by atoms with van der Waals surface area (Å²) >= 11 is 1.70. The minimum Gasteiger partial charge on any atom is -0.479 e. The summed E-state index contributed by atoms with van der Waals surface area (Å²) in [5, 5.41) is 0. The van der Waals surface area contributed by atoms with Gasteiger partial charge in [-0.25, -0.2) is 0 Å². The third-order valence-corrected chi connectivity index (χ3v) is 4.07. The van der Waals surface area contributed by atoms with E-state index in [2.05, 4.69) is 12.1 Å². The lowest BCUT2D eigenvalue weighted by Crippen LogP contribution is -2.30. The van der Waals surface area contributed by atoms with E-state index in [-0.39, 0.29) is 11.7 Å². The molecule has 0 aromatic heterocycles.